The van der Waals surface area contributed by atoms with Gasteiger partial charge in [0.2, 0.25) is 0 Å². The number of fused-ring (bicyclic) bond motifs is 1. The van der Waals surface area contributed by atoms with Gasteiger partial charge in [0.25, 0.3) is 0 Å². The van der Waals surface area contributed by atoms with Crippen molar-refractivity contribution in [2.75, 3.05) is 12.3 Å². The maximum atomic E-state index is 11.8. The van der Waals surface area contributed by atoms with Crippen LogP contribution in [-0.2, 0) is 4.74 Å². The fourth-order valence-corrected chi connectivity index (χ4v) is 2.68. The summed E-state index contributed by atoms with van der Waals surface area (Å²) in [6.07, 6.45) is 3.15. The molecule has 102 valence electrons. The van der Waals surface area contributed by atoms with Gasteiger partial charge in [-0.05, 0) is 19.1 Å². The van der Waals surface area contributed by atoms with E-state index in [0.29, 0.717) is 39.0 Å². The van der Waals surface area contributed by atoms with Crippen molar-refractivity contribution in [3.05, 3.63) is 29.5 Å². The molecule has 0 aliphatic heterocycles. The minimum Gasteiger partial charge on any atom is -0.463 e. The van der Waals surface area contributed by atoms with Gasteiger partial charge in [-0.1, -0.05) is 0 Å². The van der Waals surface area contributed by atoms with Crippen LogP contribution in [-0.4, -0.2) is 22.5 Å². The molecule has 0 atom stereocenters. The Labute approximate surface area is 118 Å². The number of ether oxygens (including phenoxy) is 1. The number of hydrogen-bond acceptors (Lipinski definition) is 7. The van der Waals surface area contributed by atoms with Gasteiger partial charge >= 0.3 is 5.97 Å². The highest BCUT2D eigenvalue weighted by molar-refractivity contribution is 7.21. The minimum atomic E-state index is -0.450. The average molecular weight is 289 g/mol. The number of furan rings is 1. The second-order valence-corrected chi connectivity index (χ2v) is 4.95. The maximum Gasteiger partial charge on any atom is 0.350 e. The fraction of sp³-hybridized carbons (Fsp3) is 0.154. The molecular formula is C13H11N3O3S. The summed E-state index contributed by atoms with van der Waals surface area (Å²) in [7, 11) is 0. The van der Waals surface area contributed by atoms with Crippen molar-refractivity contribution in [3.8, 4) is 11.5 Å². The van der Waals surface area contributed by atoms with Crippen LogP contribution in [0.15, 0.2) is 29.0 Å². The van der Waals surface area contributed by atoms with Crippen LogP contribution in [0.4, 0.5) is 5.69 Å². The lowest BCUT2D eigenvalue weighted by Gasteiger charge is -1.99. The maximum absolute atomic E-state index is 11.8. The van der Waals surface area contributed by atoms with Crippen molar-refractivity contribution in [2.24, 2.45) is 0 Å². The van der Waals surface area contributed by atoms with Gasteiger partial charge in [-0.2, -0.15) is 0 Å². The molecule has 0 saturated heterocycles. The van der Waals surface area contributed by atoms with Crippen molar-refractivity contribution in [3.63, 3.8) is 0 Å². The number of aromatic nitrogens is 2. The van der Waals surface area contributed by atoms with Crippen LogP contribution in [0.25, 0.3) is 21.8 Å². The summed E-state index contributed by atoms with van der Waals surface area (Å²) in [5, 5.41) is 0. The number of hydrogen-bond donors (Lipinski definition) is 1. The number of esters is 1. The first-order chi connectivity index (χ1) is 9.70. The summed E-state index contributed by atoms with van der Waals surface area (Å²) >= 11 is 1.17. The fourth-order valence-electron chi connectivity index (χ4n) is 1.78. The second-order valence-electron chi connectivity index (χ2n) is 3.95. The summed E-state index contributed by atoms with van der Waals surface area (Å²) < 4.78 is 10.2. The molecule has 0 unspecified atom stereocenters. The number of nitrogens with zero attached hydrogens (tertiary/aromatic N) is 2. The van der Waals surface area contributed by atoms with E-state index < -0.39 is 5.97 Å². The monoisotopic (exact) mass is 289 g/mol. The van der Waals surface area contributed by atoms with Crippen molar-refractivity contribution in [1.82, 2.24) is 9.97 Å². The number of nitrogens with two attached hydrogens (primary N) is 1. The lowest BCUT2D eigenvalue weighted by molar-refractivity contribution is 0.0533. The molecule has 0 spiro atoms. The first kappa shape index (κ1) is 12.6. The van der Waals surface area contributed by atoms with Gasteiger partial charge in [-0.15, -0.1) is 11.3 Å². The van der Waals surface area contributed by atoms with Crippen LogP contribution < -0.4 is 5.73 Å². The van der Waals surface area contributed by atoms with Crippen LogP contribution in [0, 0.1) is 0 Å². The summed E-state index contributed by atoms with van der Waals surface area (Å²) in [6, 6.07) is 3.55. The standard InChI is InChI=1S/C13H11N3O3S/c1-2-18-13(17)11-9(14)10-12(20-11)15-6-7(16-10)8-4-3-5-19-8/h3-6H,2,14H2,1H3. The van der Waals surface area contributed by atoms with Gasteiger partial charge in [0, 0.05) is 0 Å². The Bertz CT molecular complexity index is 765. The smallest absolute Gasteiger partial charge is 0.350 e. The molecule has 3 rings (SSSR count). The molecule has 3 aromatic rings. The number of carbonyl (C=O) groups excluding carboxylic acids is 1. The van der Waals surface area contributed by atoms with Gasteiger partial charge in [0.15, 0.2) is 5.76 Å². The third-order valence-electron chi connectivity index (χ3n) is 2.67. The molecule has 0 aliphatic rings. The minimum absolute atomic E-state index is 0.296. The molecule has 20 heavy (non-hydrogen) atoms. The van der Waals surface area contributed by atoms with E-state index >= 15 is 0 Å². The highest BCUT2D eigenvalue weighted by Gasteiger charge is 2.20. The first-order valence-corrected chi connectivity index (χ1v) is 6.78. The number of thiophene rings is 1. The third-order valence-corrected chi connectivity index (χ3v) is 3.75. The summed E-state index contributed by atoms with van der Waals surface area (Å²) in [6.45, 7) is 2.04. The van der Waals surface area contributed by atoms with Crippen molar-refractivity contribution in [2.45, 2.75) is 6.92 Å². The predicted octanol–water partition coefficient (Wildman–Crippen LogP) is 2.71. The Hall–Kier alpha value is -2.41. The third kappa shape index (κ3) is 2.01. The zero-order valence-electron chi connectivity index (χ0n) is 10.6. The molecule has 0 fully saturated rings. The van der Waals surface area contributed by atoms with E-state index in [1.54, 1.807) is 31.5 Å². The Balaban J connectivity index is 2.11. The molecule has 0 saturated carbocycles. The number of rotatable bonds is 3. The molecule has 0 bridgehead atoms. The predicted molar refractivity (Wildman–Crippen MR) is 75.5 cm³/mol. The summed E-state index contributed by atoms with van der Waals surface area (Å²) in [5.41, 5.74) is 7.33. The highest BCUT2D eigenvalue weighted by atomic mass is 32.1. The molecule has 0 aliphatic carbocycles. The molecule has 0 aromatic carbocycles. The molecule has 3 aromatic heterocycles. The van der Waals surface area contributed by atoms with E-state index in [0.717, 1.165) is 0 Å². The van der Waals surface area contributed by atoms with Crippen LogP contribution in [0.5, 0.6) is 0 Å². The Morgan fingerprint density at radius 1 is 1.55 bits per heavy atom. The quantitative estimate of drug-likeness (QED) is 0.745. The normalized spacial score (nSPS) is 10.8. The van der Waals surface area contributed by atoms with E-state index in [1.807, 2.05) is 0 Å². The molecular weight excluding hydrogens is 278 g/mol. The van der Waals surface area contributed by atoms with Crippen LogP contribution in [0.2, 0.25) is 0 Å². The van der Waals surface area contributed by atoms with E-state index in [2.05, 4.69) is 9.97 Å². The van der Waals surface area contributed by atoms with E-state index in [1.165, 1.54) is 11.3 Å². The molecule has 0 radical (unpaired) electrons. The summed E-state index contributed by atoms with van der Waals surface area (Å²) in [5.74, 6) is 0.150. The molecule has 3 heterocycles. The Morgan fingerprint density at radius 2 is 2.40 bits per heavy atom. The molecule has 6 nitrogen and oxygen atoms in total. The van der Waals surface area contributed by atoms with Crippen molar-refractivity contribution in [1.29, 1.82) is 0 Å². The van der Waals surface area contributed by atoms with Gasteiger partial charge in [-0.25, -0.2) is 14.8 Å². The Kier molecular flexibility index (Phi) is 3.11. The average Bonchev–Trinajstić information content (AvgIpc) is 3.07. The van der Waals surface area contributed by atoms with Crippen LogP contribution in [0.3, 0.4) is 0 Å². The highest BCUT2D eigenvalue weighted by Crippen LogP contribution is 2.33. The van der Waals surface area contributed by atoms with Gasteiger partial charge < -0.3 is 14.9 Å². The first-order valence-electron chi connectivity index (χ1n) is 5.96. The number of anilines is 1. The van der Waals surface area contributed by atoms with E-state index in [-0.39, 0.29) is 0 Å². The number of carbonyl (C=O) groups is 1. The molecule has 0 amide bonds. The molecule has 7 heteroatoms. The topological polar surface area (TPSA) is 91.2 Å². The Morgan fingerprint density at radius 3 is 3.10 bits per heavy atom. The van der Waals surface area contributed by atoms with E-state index in [9.17, 15) is 4.79 Å². The largest absolute Gasteiger partial charge is 0.463 e. The zero-order chi connectivity index (χ0) is 14.1. The SMILES string of the molecule is CCOC(=O)c1sc2ncc(-c3ccco3)nc2c1N. The number of nitrogen functional groups attached to an aromatic ring is 1. The lowest BCUT2D eigenvalue weighted by atomic mass is 10.3. The zero-order valence-corrected chi connectivity index (χ0v) is 11.4. The summed E-state index contributed by atoms with van der Waals surface area (Å²) in [4.78, 5) is 21.4. The van der Waals surface area contributed by atoms with Crippen LogP contribution >= 0.6 is 11.3 Å². The van der Waals surface area contributed by atoms with E-state index in [4.69, 9.17) is 14.9 Å². The van der Waals surface area contributed by atoms with Crippen molar-refractivity contribution >= 4 is 33.3 Å². The van der Waals surface area contributed by atoms with Crippen LogP contribution in [0.1, 0.15) is 16.6 Å². The lowest BCUT2D eigenvalue weighted by Crippen LogP contribution is -2.04. The second kappa shape index (κ2) is 4.93. The van der Waals surface area contributed by atoms with Gasteiger partial charge in [0.05, 0.1) is 24.8 Å². The van der Waals surface area contributed by atoms with Gasteiger partial charge in [0.1, 0.15) is 20.9 Å². The molecule has 2 N–H and O–H groups in total. The van der Waals surface area contributed by atoms with Gasteiger partial charge in [-0.3, -0.25) is 0 Å². The van der Waals surface area contributed by atoms with Crippen molar-refractivity contribution < 1.29 is 13.9 Å².